The first-order chi connectivity index (χ1) is 9.20. The van der Waals surface area contributed by atoms with E-state index < -0.39 is 0 Å². The van der Waals surface area contributed by atoms with Gasteiger partial charge in [0, 0.05) is 11.1 Å². The van der Waals surface area contributed by atoms with E-state index in [-0.39, 0.29) is 5.97 Å². The molecule has 2 aromatic rings. The van der Waals surface area contributed by atoms with E-state index in [0.29, 0.717) is 12.2 Å². The van der Waals surface area contributed by atoms with Crippen molar-refractivity contribution in [2.75, 3.05) is 11.9 Å². The standard InChI is InChI=1S/C14H16N2O2S/c1-3-18-14(17)11-4-5-13(15-8-11)16-9-12-10(2)6-7-19-12/h4-8H,3,9H2,1-2H3,(H,15,16). The summed E-state index contributed by atoms with van der Waals surface area (Å²) in [7, 11) is 0. The number of hydrogen-bond acceptors (Lipinski definition) is 5. The van der Waals surface area contributed by atoms with Gasteiger partial charge in [0.2, 0.25) is 0 Å². The molecule has 2 rings (SSSR count). The summed E-state index contributed by atoms with van der Waals surface area (Å²) in [4.78, 5) is 17.0. The number of hydrogen-bond donors (Lipinski definition) is 1. The van der Waals surface area contributed by atoms with Crippen LogP contribution in [0.3, 0.4) is 0 Å². The lowest BCUT2D eigenvalue weighted by Crippen LogP contribution is -2.06. The van der Waals surface area contributed by atoms with Crippen LogP contribution in [0.15, 0.2) is 29.8 Å². The lowest BCUT2D eigenvalue weighted by atomic mass is 10.2. The Balaban J connectivity index is 1.95. The van der Waals surface area contributed by atoms with E-state index in [1.165, 1.54) is 16.6 Å². The van der Waals surface area contributed by atoms with Crippen LogP contribution in [-0.2, 0) is 11.3 Å². The second-order valence-corrected chi connectivity index (χ2v) is 5.03. The van der Waals surface area contributed by atoms with E-state index in [4.69, 9.17) is 4.74 Å². The summed E-state index contributed by atoms with van der Waals surface area (Å²) < 4.78 is 4.90. The summed E-state index contributed by atoms with van der Waals surface area (Å²) in [6.07, 6.45) is 1.53. The maximum absolute atomic E-state index is 11.5. The van der Waals surface area contributed by atoms with Crippen molar-refractivity contribution in [1.29, 1.82) is 0 Å². The van der Waals surface area contributed by atoms with Gasteiger partial charge in [0.1, 0.15) is 5.82 Å². The topological polar surface area (TPSA) is 51.2 Å². The van der Waals surface area contributed by atoms with Crippen molar-refractivity contribution in [1.82, 2.24) is 4.98 Å². The van der Waals surface area contributed by atoms with Crippen LogP contribution in [0.1, 0.15) is 27.7 Å². The number of thiophene rings is 1. The molecule has 0 aliphatic rings. The Morgan fingerprint density at radius 1 is 1.42 bits per heavy atom. The number of pyridine rings is 1. The van der Waals surface area contributed by atoms with Gasteiger partial charge >= 0.3 is 5.97 Å². The Morgan fingerprint density at radius 2 is 2.26 bits per heavy atom. The summed E-state index contributed by atoms with van der Waals surface area (Å²) in [6.45, 7) is 4.99. The number of carbonyl (C=O) groups excluding carboxylic acids is 1. The number of esters is 1. The number of nitrogens with one attached hydrogen (secondary N) is 1. The van der Waals surface area contributed by atoms with Crippen molar-refractivity contribution < 1.29 is 9.53 Å². The first-order valence-corrected chi connectivity index (χ1v) is 6.98. The first kappa shape index (κ1) is 13.5. The predicted octanol–water partition coefficient (Wildman–Crippen LogP) is 3.24. The molecule has 0 aliphatic heterocycles. The minimum absolute atomic E-state index is 0.337. The van der Waals surface area contributed by atoms with Crippen molar-refractivity contribution >= 4 is 23.1 Å². The van der Waals surface area contributed by atoms with Gasteiger partial charge in [0.25, 0.3) is 0 Å². The number of rotatable bonds is 5. The molecule has 0 amide bonds. The zero-order chi connectivity index (χ0) is 13.7. The van der Waals surface area contributed by atoms with Gasteiger partial charge in [-0.15, -0.1) is 11.3 Å². The number of anilines is 1. The molecule has 19 heavy (non-hydrogen) atoms. The average Bonchev–Trinajstić information content (AvgIpc) is 2.83. The Morgan fingerprint density at radius 3 is 2.84 bits per heavy atom. The molecule has 0 radical (unpaired) electrons. The van der Waals surface area contributed by atoms with Crippen LogP contribution in [0.2, 0.25) is 0 Å². The van der Waals surface area contributed by atoms with Crippen molar-refractivity contribution in [3.05, 3.63) is 45.8 Å². The number of aryl methyl sites for hydroxylation is 1. The summed E-state index contributed by atoms with van der Waals surface area (Å²) in [5, 5.41) is 5.31. The molecule has 0 bridgehead atoms. The zero-order valence-electron chi connectivity index (χ0n) is 11.0. The lowest BCUT2D eigenvalue weighted by molar-refractivity contribution is 0.0526. The molecule has 0 saturated carbocycles. The maximum atomic E-state index is 11.5. The third kappa shape index (κ3) is 3.54. The van der Waals surface area contributed by atoms with Crippen LogP contribution in [0.25, 0.3) is 0 Å². The molecule has 5 heteroatoms. The van der Waals surface area contributed by atoms with E-state index in [2.05, 4.69) is 28.7 Å². The van der Waals surface area contributed by atoms with Crippen molar-refractivity contribution in [3.63, 3.8) is 0 Å². The third-order valence-corrected chi connectivity index (χ3v) is 3.70. The fraction of sp³-hybridized carbons (Fsp3) is 0.286. The highest BCUT2D eigenvalue weighted by Crippen LogP contribution is 2.17. The first-order valence-electron chi connectivity index (χ1n) is 6.10. The molecular formula is C14H16N2O2S. The highest BCUT2D eigenvalue weighted by Gasteiger charge is 2.06. The molecule has 2 heterocycles. The van der Waals surface area contributed by atoms with E-state index >= 15 is 0 Å². The predicted molar refractivity (Wildman–Crippen MR) is 76.6 cm³/mol. The normalized spacial score (nSPS) is 10.2. The number of aromatic nitrogens is 1. The molecule has 0 fully saturated rings. The van der Waals surface area contributed by atoms with Gasteiger partial charge in [-0.25, -0.2) is 9.78 Å². The van der Waals surface area contributed by atoms with E-state index in [0.717, 1.165) is 12.4 Å². The minimum Gasteiger partial charge on any atom is -0.462 e. The summed E-state index contributed by atoms with van der Waals surface area (Å²) in [5.41, 5.74) is 1.75. The van der Waals surface area contributed by atoms with Gasteiger partial charge in [0.05, 0.1) is 18.7 Å². The second-order valence-electron chi connectivity index (χ2n) is 4.03. The Labute approximate surface area is 116 Å². The van der Waals surface area contributed by atoms with Gasteiger partial charge in [0.15, 0.2) is 0 Å². The van der Waals surface area contributed by atoms with E-state index in [1.54, 1.807) is 30.4 Å². The van der Waals surface area contributed by atoms with Gasteiger partial charge < -0.3 is 10.1 Å². The van der Waals surface area contributed by atoms with Crippen LogP contribution in [0.5, 0.6) is 0 Å². The molecule has 0 unspecified atom stereocenters. The third-order valence-electron chi connectivity index (χ3n) is 2.67. The molecular weight excluding hydrogens is 260 g/mol. The van der Waals surface area contributed by atoms with E-state index in [9.17, 15) is 4.79 Å². The largest absolute Gasteiger partial charge is 0.462 e. The molecule has 0 saturated heterocycles. The molecule has 1 N–H and O–H groups in total. The van der Waals surface area contributed by atoms with Crippen LogP contribution in [0.4, 0.5) is 5.82 Å². The number of nitrogens with zero attached hydrogens (tertiary/aromatic N) is 1. The Bertz CT molecular complexity index is 549. The van der Waals surface area contributed by atoms with Crippen molar-refractivity contribution in [3.8, 4) is 0 Å². The maximum Gasteiger partial charge on any atom is 0.339 e. The van der Waals surface area contributed by atoms with Crippen LogP contribution < -0.4 is 5.32 Å². The van der Waals surface area contributed by atoms with Crippen LogP contribution in [-0.4, -0.2) is 17.6 Å². The fourth-order valence-electron chi connectivity index (χ4n) is 1.59. The SMILES string of the molecule is CCOC(=O)c1ccc(NCc2sccc2C)nc1. The lowest BCUT2D eigenvalue weighted by Gasteiger charge is -2.06. The van der Waals surface area contributed by atoms with Gasteiger partial charge in [-0.1, -0.05) is 0 Å². The van der Waals surface area contributed by atoms with Crippen LogP contribution in [0, 0.1) is 6.92 Å². The Hall–Kier alpha value is -1.88. The molecule has 4 nitrogen and oxygen atoms in total. The highest BCUT2D eigenvalue weighted by molar-refractivity contribution is 7.10. The molecule has 0 atom stereocenters. The summed E-state index contributed by atoms with van der Waals surface area (Å²) in [6, 6.07) is 5.60. The second kappa shape index (κ2) is 6.33. The smallest absolute Gasteiger partial charge is 0.339 e. The van der Waals surface area contributed by atoms with Crippen molar-refractivity contribution in [2.24, 2.45) is 0 Å². The minimum atomic E-state index is -0.337. The Kier molecular flexibility index (Phi) is 4.52. The highest BCUT2D eigenvalue weighted by atomic mass is 32.1. The molecule has 0 aliphatic carbocycles. The number of carbonyl (C=O) groups is 1. The number of ether oxygens (including phenoxy) is 1. The molecule has 100 valence electrons. The average molecular weight is 276 g/mol. The molecule has 0 aromatic carbocycles. The molecule has 2 aromatic heterocycles. The van der Waals surface area contributed by atoms with Gasteiger partial charge in [-0.3, -0.25) is 0 Å². The quantitative estimate of drug-likeness (QED) is 0.852. The monoisotopic (exact) mass is 276 g/mol. The summed E-state index contributed by atoms with van der Waals surface area (Å²) >= 11 is 1.72. The van der Waals surface area contributed by atoms with Gasteiger partial charge in [-0.2, -0.15) is 0 Å². The van der Waals surface area contributed by atoms with Crippen LogP contribution >= 0.6 is 11.3 Å². The van der Waals surface area contributed by atoms with E-state index in [1.807, 2.05) is 0 Å². The fourth-order valence-corrected chi connectivity index (χ4v) is 2.44. The summed E-state index contributed by atoms with van der Waals surface area (Å²) in [5.74, 6) is 0.413. The zero-order valence-corrected chi connectivity index (χ0v) is 11.8. The van der Waals surface area contributed by atoms with Gasteiger partial charge in [-0.05, 0) is 43.0 Å². The molecule has 0 spiro atoms. The van der Waals surface area contributed by atoms with Crippen molar-refractivity contribution in [2.45, 2.75) is 20.4 Å².